The van der Waals surface area contributed by atoms with Gasteiger partial charge in [-0.2, -0.15) is 0 Å². The van der Waals surface area contributed by atoms with Gasteiger partial charge in [-0.1, -0.05) is 13.8 Å². The van der Waals surface area contributed by atoms with E-state index in [0.717, 1.165) is 11.8 Å². The zero-order valence-electron chi connectivity index (χ0n) is 13.6. The fraction of sp³-hybridized carbons (Fsp3) is 1.00. The van der Waals surface area contributed by atoms with Gasteiger partial charge < -0.3 is 19.9 Å². The molecule has 0 aromatic heterocycles. The van der Waals surface area contributed by atoms with Crippen molar-refractivity contribution in [1.82, 2.24) is 5.32 Å². The van der Waals surface area contributed by atoms with E-state index in [4.69, 9.17) is 9.47 Å². The highest BCUT2D eigenvalue weighted by Crippen LogP contribution is 2.28. The molecular weight excluding hydrogens is 254 g/mol. The van der Waals surface area contributed by atoms with Crippen LogP contribution in [-0.2, 0) is 9.47 Å². The van der Waals surface area contributed by atoms with Crippen molar-refractivity contribution in [2.45, 2.75) is 65.2 Å². The molecule has 4 nitrogen and oxygen atoms in total. The van der Waals surface area contributed by atoms with Crippen molar-refractivity contribution in [2.24, 2.45) is 11.8 Å². The third kappa shape index (κ3) is 8.20. The Bertz CT molecular complexity index is 238. The van der Waals surface area contributed by atoms with Gasteiger partial charge in [0, 0.05) is 12.6 Å². The Labute approximate surface area is 124 Å². The number of nitrogens with one attached hydrogen (secondary N) is 1. The molecule has 1 saturated carbocycles. The maximum atomic E-state index is 9.89. The van der Waals surface area contributed by atoms with E-state index in [1.165, 1.54) is 19.3 Å². The summed E-state index contributed by atoms with van der Waals surface area (Å²) in [5, 5.41) is 13.4. The predicted octanol–water partition coefficient (Wildman–Crippen LogP) is 2.20. The smallest absolute Gasteiger partial charge is 0.0897 e. The number of rotatable bonds is 9. The average Bonchev–Trinajstić information content (AvgIpc) is 2.34. The maximum absolute atomic E-state index is 9.89. The van der Waals surface area contributed by atoms with Crippen LogP contribution in [0, 0.1) is 11.8 Å². The van der Waals surface area contributed by atoms with Gasteiger partial charge in [0.2, 0.25) is 0 Å². The molecule has 3 unspecified atom stereocenters. The molecule has 0 radical (unpaired) electrons. The van der Waals surface area contributed by atoms with Crippen LogP contribution < -0.4 is 5.32 Å². The van der Waals surface area contributed by atoms with E-state index in [0.29, 0.717) is 32.4 Å². The molecule has 1 fully saturated rings. The van der Waals surface area contributed by atoms with Gasteiger partial charge in [-0.3, -0.25) is 0 Å². The van der Waals surface area contributed by atoms with Gasteiger partial charge in [0.15, 0.2) is 0 Å². The predicted molar refractivity (Wildman–Crippen MR) is 81.9 cm³/mol. The van der Waals surface area contributed by atoms with Gasteiger partial charge >= 0.3 is 0 Å². The lowest BCUT2D eigenvalue weighted by Crippen LogP contribution is -2.41. The Morgan fingerprint density at radius 3 is 2.35 bits per heavy atom. The summed E-state index contributed by atoms with van der Waals surface area (Å²) in [6.07, 6.45) is 3.59. The summed E-state index contributed by atoms with van der Waals surface area (Å²) in [5.74, 6) is 1.58. The first-order valence-electron chi connectivity index (χ1n) is 8.08. The third-order valence-electron chi connectivity index (χ3n) is 3.81. The summed E-state index contributed by atoms with van der Waals surface area (Å²) >= 11 is 0. The minimum absolute atomic E-state index is 0.237. The van der Waals surface area contributed by atoms with Crippen LogP contribution in [-0.4, -0.2) is 49.7 Å². The summed E-state index contributed by atoms with van der Waals surface area (Å²) in [6.45, 7) is 10.8. The van der Waals surface area contributed by atoms with Crippen molar-refractivity contribution >= 4 is 0 Å². The summed E-state index contributed by atoms with van der Waals surface area (Å²) in [4.78, 5) is 0. The molecule has 1 aliphatic carbocycles. The van der Waals surface area contributed by atoms with Crippen molar-refractivity contribution < 1.29 is 14.6 Å². The lowest BCUT2D eigenvalue weighted by molar-refractivity contribution is -0.0110. The van der Waals surface area contributed by atoms with Gasteiger partial charge in [0.1, 0.15) is 0 Å². The summed E-state index contributed by atoms with van der Waals surface area (Å²) in [7, 11) is 0. The van der Waals surface area contributed by atoms with E-state index in [-0.39, 0.29) is 6.10 Å². The van der Waals surface area contributed by atoms with E-state index in [2.05, 4.69) is 19.2 Å². The first-order chi connectivity index (χ1) is 9.47. The molecule has 1 rings (SSSR count). The Morgan fingerprint density at radius 2 is 1.75 bits per heavy atom. The van der Waals surface area contributed by atoms with Crippen LogP contribution in [0.3, 0.4) is 0 Å². The van der Waals surface area contributed by atoms with Crippen LogP contribution >= 0.6 is 0 Å². The fourth-order valence-corrected chi connectivity index (χ4v) is 3.04. The van der Waals surface area contributed by atoms with Gasteiger partial charge in [0.05, 0.1) is 32.0 Å². The van der Waals surface area contributed by atoms with Crippen molar-refractivity contribution in [3.8, 4) is 0 Å². The molecule has 0 saturated heterocycles. The maximum Gasteiger partial charge on any atom is 0.0897 e. The molecule has 0 bridgehead atoms. The lowest BCUT2D eigenvalue weighted by Gasteiger charge is -2.32. The van der Waals surface area contributed by atoms with E-state index < -0.39 is 6.10 Å². The molecule has 120 valence electrons. The quantitative estimate of drug-likeness (QED) is 0.638. The molecule has 0 heterocycles. The van der Waals surface area contributed by atoms with Crippen LogP contribution in [0.15, 0.2) is 0 Å². The minimum atomic E-state index is -0.429. The highest BCUT2D eigenvalue weighted by atomic mass is 16.5. The Morgan fingerprint density at radius 1 is 1.10 bits per heavy atom. The minimum Gasteiger partial charge on any atom is -0.389 e. The molecule has 1 aliphatic rings. The van der Waals surface area contributed by atoms with Crippen molar-refractivity contribution in [2.75, 3.05) is 26.4 Å². The first-order valence-corrected chi connectivity index (χ1v) is 8.08. The average molecular weight is 287 g/mol. The first kappa shape index (κ1) is 17.9. The van der Waals surface area contributed by atoms with Crippen molar-refractivity contribution in [3.05, 3.63) is 0 Å². The Kier molecular flexibility index (Phi) is 8.69. The molecule has 0 aromatic rings. The zero-order chi connectivity index (χ0) is 15.0. The zero-order valence-corrected chi connectivity index (χ0v) is 13.6. The van der Waals surface area contributed by atoms with Crippen LogP contribution in [0.5, 0.6) is 0 Å². The van der Waals surface area contributed by atoms with Gasteiger partial charge in [-0.05, 0) is 44.9 Å². The topological polar surface area (TPSA) is 50.7 Å². The van der Waals surface area contributed by atoms with Crippen molar-refractivity contribution in [1.29, 1.82) is 0 Å². The van der Waals surface area contributed by atoms with Crippen molar-refractivity contribution in [3.63, 3.8) is 0 Å². The molecule has 0 amide bonds. The molecule has 2 N–H and O–H groups in total. The SMILES string of the molecule is CC1CC(C)CC(NCC(O)COCCOC(C)C)C1. The van der Waals surface area contributed by atoms with Gasteiger partial charge in [-0.25, -0.2) is 0 Å². The van der Waals surface area contributed by atoms with Gasteiger partial charge in [0.25, 0.3) is 0 Å². The second-order valence-electron chi connectivity index (χ2n) is 6.67. The second kappa shape index (κ2) is 9.72. The summed E-state index contributed by atoms with van der Waals surface area (Å²) < 4.78 is 10.8. The number of hydrogen-bond donors (Lipinski definition) is 2. The molecule has 0 aromatic carbocycles. The Balaban J connectivity index is 2.03. The molecule has 0 aliphatic heterocycles. The largest absolute Gasteiger partial charge is 0.389 e. The number of aliphatic hydroxyl groups excluding tert-OH is 1. The molecule has 3 atom stereocenters. The van der Waals surface area contributed by atoms with E-state index in [9.17, 15) is 5.11 Å². The fourth-order valence-electron chi connectivity index (χ4n) is 3.04. The standard InChI is InChI=1S/C16H33NO3/c1-12(2)20-6-5-19-11-16(18)10-17-15-8-13(3)7-14(4)9-15/h12-18H,5-11H2,1-4H3. The molecule has 4 heteroatoms. The monoisotopic (exact) mass is 287 g/mol. The highest BCUT2D eigenvalue weighted by Gasteiger charge is 2.23. The van der Waals surface area contributed by atoms with Crippen LogP contribution in [0.2, 0.25) is 0 Å². The van der Waals surface area contributed by atoms with E-state index in [1.807, 2.05) is 13.8 Å². The summed E-state index contributed by atoms with van der Waals surface area (Å²) in [6, 6.07) is 0.549. The van der Waals surface area contributed by atoms with Crippen LogP contribution in [0.1, 0.15) is 47.0 Å². The number of ether oxygens (including phenoxy) is 2. The van der Waals surface area contributed by atoms with Crippen LogP contribution in [0.25, 0.3) is 0 Å². The van der Waals surface area contributed by atoms with E-state index in [1.54, 1.807) is 0 Å². The molecular formula is C16H33NO3. The molecule has 0 spiro atoms. The highest BCUT2D eigenvalue weighted by molar-refractivity contribution is 4.80. The van der Waals surface area contributed by atoms with Gasteiger partial charge in [-0.15, -0.1) is 0 Å². The molecule has 20 heavy (non-hydrogen) atoms. The number of hydrogen-bond acceptors (Lipinski definition) is 4. The lowest BCUT2D eigenvalue weighted by atomic mass is 9.80. The normalized spacial score (nSPS) is 28.8. The second-order valence-corrected chi connectivity index (χ2v) is 6.67. The number of aliphatic hydroxyl groups is 1. The summed E-state index contributed by atoms with van der Waals surface area (Å²) in [5.41, 5.74) is 0. The Hall–Kier alpha value is -0.160. The third-order valence-corrected chi connectivity index (χ3v) is 3.81. The van der Waals surface area contributed by atoms with Crippen LogP contribution in [0.4, 0.5) is 0 Å². The van der Waals surface area contributed by atoms with E-state index >= 15 is 0 Å².